The second-order valence-electron chi connectivity index (χ2n) is 4.81. The van der Waals surface area contributed by atoms with Crippen molar-refractivity contribution in [2.45, 2.75) is 39.7 Å². The quantitative estimate of drug-likeness (QED) is 0.827. The van der Waals surface area contributed by atoms with Gasteiger partial charge in [0.15, 0.2) is 0 Å². The topological polar surface area (TPSA) is 39.9 Å². The fourth-order valence-corrected chi connectivity index (χ4v) is 3.20. The van der Waals surface area contributed by atoms with E-state index in [1.54, 1.807) is 11.3 Å². The van der Waals surface area contributed by atoms with Crippen molar-refractivity contribution in [2.24, 2.45) is 5.92 Å². The second kappa shape index (κ2) is 5.61. The zero-order chi connectivity index (χ0) is 12.3. The van der Waals surface area contributed by atoms with Crippen LogP contribution in [0.1, 0.15) is 42.3 Å². The molecular formula is C13H19N3S. The van der Waals surface area contributed by atoms with Crippen LogP contribution in [0, 0.1) is 17.2 Å². The Hall–Kier alpha value is -0.920. The number of aromatic nitrogens is 1. The van der Waals surface area contributed by atoms with E-state index in [0.29, 0.717) is 0 Å². The number of nitrogens with zero attached hydrogens (tertiary/aromatic N) is 3. The lowest BCUT2D eigenvalue weighted by molar-refractivity contribution is 0.185. The molecule has 0 radical (unpaired) electrons. The van der Waals surface area contributed by atoms with E-state index in [1.807, 2.05) is 0 Å². The lowest BCUT2D eigenvalue weighted by Gasteiger charge is -2.29. The number of hydrogen-bond donors (Lipinski definition) is 0. The number of rotatable bonds is 3. The SMILES string of the molecule is CCc1nc(CN2CCC(C)CC2)sc1C#N. The summed E-state index contributed by atoms with van der Waals surface area (Å²) in [4.78, 5) is 7.82. The first-order valence-electron chi connectivity index (χ1n) is 6.34. The second-order valence-corrected chi connectivity index (χ2v) is 5.89. The van der Waals surface area contributed by atoms with Gasteiger partial charge in [-0.1, -0.05) is 13.8 Å². The highest BCUT2D eigenvalue weighted by Gasteiger charge is 2.18. The van der Waals surface area contributed by atoms with Crippen LogP contribution in [-0.2, 0) is 13.0 Å². The number of piperidine rings is 1. The molecule has 0 aliphatic carbocycles. The maximum atomic E-state index is 9.01. The molecule has 1 aromatic heterocycles. The molecule has 0 spiro atoms. The molecule has 1 fully saturated rings. The van der Waals surface area contributed by atoms with Crippen molar-refractivity contribution in [1.82, 2.24) is 9.88 Å². The van der Waals surface area contributed by atoms with Gasteiger partial charge in [0.2, 0.25) is 0 Å². The maximum absolute atomic E-state index is 9.01. The van der Waals surface area contributed by atoms with E-state index >= 15 is 0 Å². The van der Waals surface area contributed by atoms with Crippen molar-refractivity contribution in [3.05, 3.63) is 15.6 Å². The fourth-order valence-electron chi connectivity index (χ4n) is 2.21. The highest BCUT2D eigenvalue weighted by atomic mass is 32.1. The van der Waals surface area contributed by atoms with Gasteiger partial charge in [-0.05, 0) is 38.3 Å². The smallest absolute Gasteiger partial charge is 0.128 e. The predicted octanol–water partition coefficient (Wildman–Crippen LogP) is 2.81. The van der Waals surface area contributed by atoms with Crippen LogP contribution in [0.3, 0.4) is 0 Å². The van der Waals surface area contributed by atoms with Crippen LogP contribution in [0.4, 0.5) is 0 Å². The molecule has 0 amide bonds. The third-order valence-electron chi connectivity index (χ3n) is 3.41. The minimum atomic E-state index is 0.799. The zero-order valence-electron chi connectivity index (χ0n) is 10.6. The van der Waals surface area contributed by atoms with Crippen molar-refractivity contribution in [3.63, 3.8) is 0 Å². The molecule has 1 aromatic rings. The molecule has 2 heterocycles. The van der Waals surface area contributed by atoms with Crippen LogP contribution in [0.2, 0.25) is 0 Å². The van der Waals surface area contributed by atoms with Crippen LogP contribution >= 0.6 is 11.3 Å². The minimum Gasteiger partial charge on any atom is -0.297 e. The van der Waals surface area contributed by atoms with Gasteiger partial charge in [-0.3, -0.25) is 4.90 Å². The van der Waals surface area contributed by atoms with E-state index in [-0.39, 0.29) is 0 Å². The molecule has 0 unspecified atom stereocenters. The van der Waals surface area contributed by atoms with Crippen LogP contribution in [-0.4, -0.2) is 23.0 Å². The molecule has 3 nitrogen and oxygen atoms in total. The van der Waals surface area contributed by atoms with Gasteiger partial charge in [-0.15, -0.1) is 11.3 Å². The summed E-state index contributed by atoms with van der Waals surface area (Å²) in [5, 5.41) is 10.1. The summed E-state index contributed by atoms with van der Waals surface area (Å²) in [7, 11) is 0. The van der Waals surface area contributed by atoms with Gasteiger partial charge in [0, 0.05) is 0 Å². The summed E-state index contributed by atoms with van der Waals surface area (Å²) in [6.45, 7) is 7.65. The maximum Gasteiger partial charge on any atom is 0.128 e. The number of aryl methyl sites for hydroxylation is 1. The molecule has 0 aromatic carbocycles. The molecule has 0 saturated carbocycles. The first kappa shape index (κ1) is 12.5. The Kier molecular flexibility index (Phi) is 4.14. The Balaban J connectivity index is 1.99. The fraction of sp³-hybridized carbons (Fsp3) is 0.692. The van der Waals surface area contributed by atoms with Gasteiger partial charge in [0.05, 0.1) is 12.2 Å². The van der Waals surface area contributed by atoms with Crippen molar-refractivity contribution in [3.8, 4) is 6.07 Å². The van der Waals surface area contributed by atoms with E-state index in [1.165, 1.54) is 25.9 Å². The monoisotopic (exact) mass is 249 g/mol. The summed E-state index contributed by atoms with van der Waals surface area (Å²) >= 11 is 1.56. The van der Waals surface area contributed by atoms with Crippen molar-refractivity contribution in [2.75, 3.05) is 13.1 Å². The minimum absolute atomic E-state index is 0.799. The molecule has 0 bridgehead atoms. The molecular weight excluding hydrogens is 230 g/mol. The van der Waals surface area contributed by atoms with E-state index in [4.69, 9.17) is 5.26 Å². The first-order chi connectivity index (χ1) is 8.22. The van der Waals surface area contributed by atoms with Gasteiger partial charge in [0.1, 0.15) is 16.0 Å². The lowest BCUT2D eigenvalue weighted by atomic mass is 9.99. The molecule has 0 atom stereocenters. The normalized spacial score (nSPS) is 18.2. The average molecular weight is 249 g/mol. The first-order valence-corrected chi connectivity index (χ1v) is 7.15. The Labute approximate surface area is 107 Å². The standard InChI is InChI=1S/C13H19N3S/c1-3-11-12(8-14)17-13(15-11)9-16-6-4-10(2)5-7-16/h10H,3-7,9H2,1-2H3. The van der Waals surface area contributed by atoms with E-state index in [9.17, 15) is 0 Å². The molecule has 92 valence electrons. The third-order valence-corrected chi connectivity index (χ3v) is 4.40. The Morgan fingerprint density at radius 3 is 2.71 bits per heavy atom. The van der Waals surface area contributed by atoms with Crippen molar-refractivity contribution in [1.29, 1.82) is 5.26 Å². The zero-order valence-corrected chi connectivity index (χ0v) is 11.4. The highest BCUT2D eigenvalue weighted by molar-refractivity contribution is 7.12. The molecule has 17 heavy (non-hydrogen) atoms. The third kappa shape index (κ3) is 3.05. The summed E-state index contributed by atoms with van der Waals surface area (Å²) in [5.74, 6) is 0.864. The lowest BCUT2D eigenvalue weighted by Crippen LogP contribution is -2.32. The number of nitriles is 1. The predicted molar refractivity (Wildman–Crippen MR) is 69.9 cm³/mol. The summed E-state index contributed by atoms with van der Waals surface area (Å²) in [6.07, 6.45) is 3.44. The van der Waals surface area contributed by atoms with E-state index in [0.717, 1.165) is 34.5 Å². The summed E-state index contributed by atoms with van der Waals surface area (Å²) in [6, 6.07) is 2.25. The van der Waals surface area contributed by atoms with Crippen LogP contribution < -0.4 is 0 Å². The van der Waals surface area contributed by atoms with Gasteiger partial charge in [0.25, 0.3) is 0 Å². The molecule has 1 aliphatic rings. The number of likely N-dealkylation sites (tertiary alicyclic amines) is 1. The molecule has 2 rings (SSSR count). The van der Waals surface area contributed by atoms with Gasteiger partial charge in [-0.2, -0.15) is 5.26 Å². The molecule has 1 aliphatic heterocycles. The van der Waals surface area contributed by atoms with Gasteiger partial charge < -0.3 is 0 Å². The summed E-state index contributed by atoms with van der Waals surface area (Å²) < 4.78 is 0. The van der Waals surface area contributed by atoms with Crippen LogP contribution in [0.25, 0.3) is 0 Å². The van der Waals surface area contributed by atoms with Crippen molar-refractivity contribution >= 4 is 11.3 Å². The van der Waals surface area contributed by atoms with E-state index in [2.05, 4.69) is 29.8 Å². The Morgan fingerprint density at radius 1 is 1.47 bits per heavy atom. The largest absolute Gasteiger partial charge is 0.297 e. The number of thiazole rings is 1. The average Bonchev–Trinajstić information content (AvgIpc) is 2.74. The highest BCUT2D eigenvalue weighted by Crippen LogP contribution is 2.22. The van der Waals surface area contributed by atoms with Gasteiger partial charge in [-0.25, -0.2) is 4.98 Å². The van der Waals surface area contributed by atoms with Crippen molar-refractivity contribution < 1.29 is 0 Å². The Bertz CT molecular complexity index is 411. The van der Waals surface area contributed by atoms with Crippen LogP contribution in [0.5, 0.6) is 0 Å². The molecule has 0 N–H and O–H groups in total. The number of hydrogen-bond acceptors (Lipinski definition) is 4. The van der Waals surface area contributed by atoms with Gasteiger partial charge >= 0.3 is 0 Å². The summed E-state index contributed by atoms with van der Waals surface area (Å²) in [5.41, 5.74) is 0.970. The molecule has 1 saturated heterocycles. The Morgan fingerprint density at radius 2 is 2.18 bits per heavy atom. The molecule has 4 heteroatoms. The van der Waals surface area contributed by atoms with E-state index < -0.39 is 0 Å². The van der Waals surface area contributed by atoms with Crippen LogP contribution in [0.15, 0.2) is 0 Å².